The van der Waals surface area contributed by atoms with Crippen LogP contribution in [0.3, 0.4) is 0 Å². The Morgan fingerprint density at radius 2 is 1.66 bits per heavy atom. The molecule has 1 aliphatic rings. The molecule has 0 spiro atoms. The third-order valence-corrected chi connectivity index (χ3v) is 5.75. The number of benzene rings is 3. The van der Waals surface area contributed by atoms with Crippen molar-refractivity contribution < 1.29 is 30.7 Å². The SMILES string of the molecule is CC1=CCC(C#Cc2ccc(-c3cc(F)c4c(F)c(C#CC(F)(F)F)c(F)cc4c3)c(F)c2)CC1. The second-order valence-electron chi connectivity index (χ2n) is 8.34. The van der Waals surface area contributed by atoms with Crippen molar-refractivity contribution in [1.29, 1.82) is 0 Å². The van der Waals surface area contributed by atoms with E-state index >= 15 is 0 Å². The first-order valence-corrected chi connectivity index (χ1v) is 10.7. The summed E-state index contributed by atoms with van der Waals surface area (Å²) in [6.45, 7) is 2.07. The minimum absolute atomic E-state index is 0.00725. The van der Waals surface area contributed by atoms with Gasteiger partial charge in [0.25, 0.3) is 0 Å². The van der Waals surface area contributed by atoms with Crippen molar-refractivity contribution in [2.45, 2.75) is 32.4 Å². The van der Waals surface area contributed by atoms with E-state index in [4.69, 9.17) is 0 Å². The van der Waals surface area contributed by atoms with Crippen LogP contribution in [0.15, 0.2) is 48.0 Å². The lowest BCUT2D eigenvalue weighted by atomic mass is 9.90. The molecule has 0 nitrogen and oxygen atoms in total. The molecular weight excluding hydrogens is 469 g/mol. The van der Waals surface area contributed by atoms with Gasteiger partial charge in [-0.1, -0.05) is 35.5 Å². The molecule has 0 N–H and O–H groups in total. The van der Waals surface area contributed by atoms with E-state index in [9.17, 15) is 30.7 Å². The van der Waals surface area contributed by atoms with Crippen LogP contribution in [0.5, 0.6) is 0 Å². The van der Waals surface area contributed by atoms with Gasteiger partial charge in [-0.25, -0.2) is 17.6 Å². The molecule has 0 saturated heterocycles. The van der Waals surface area contributed by atoms with E-state index in [0.717, 1.165) is 37.3 Å². The van der Waals surface area contributed by atoms with Gasteiger partial charge in [0.15, 0.2) is 5.82 Å². The van der Waals surface area contributed by atoms with E-state index in [1.807, 2.05) is 0 Å². The van der Waals surface area contributed by atoms with Gasteiger partial charge in [-0.05, 0) is 67.5 Å². The Balaban J connectivity index is 1.69. The first-order valence-electron chi connectivity index (χ1n) is 10.7. The molecule has 178 valence electrons. The molecule has 0 amide bonds. The van der Waals surface area contributed by atoms with Crippen LogP contribution < -0.4 is 0 Å². The van der Waals surface area contributed by atoms with Crippen molar-refractivity contribution in [3.8, 4) is 34.8 Å². The maximum Gasteiger partial charge on any atom is 0.458 e. The number of allylic oxidation sites excluding steroid dienone is 2. The van der Waals surface area contributed by atoms with Gasteiger partial charge in [0, 0.05) is 23.0 Å². The van der Waals surface area contributed by atoms with Crippen molar-refractivity contribution >= 4 is 10.8 Å². The number of fused-ring (bicyclic) bond motifs is 1. The molecule has 0 saturated carbocycles. The summed E-state index contributed by atoms with van der Waals surface area (Å²) >= 11 is 0. The molecule has 7 heteroatoms. The van der Waals surface area contributed by atoms with E-state index in [-0.39, 0.29) is 22.4 Å². The summed E-state index contributed by atoms with van der Waals surface area (Å²) in [5, 5.41) is -1.02. The van der Waals surface area contributed by atoms with Crippen molar-refractivity contribution in [2.24, 2.45) is 5.92 Å². The minimum Gasteiger partial charge on any atom is -0.206 e. The van der Waals surface area contributed by atoms with E-state index in [1.165, 1.54) is 23.6 Å². The number of alkyl halides is 3. The quantitative estimate of drug-likeness (QED) is 0.185. The van der Waals surface area contributed by atoms with E-state index in [1.54, 1.807) is 6.07 Å². The fourth-order valence-corrected chi connectivity index (χ4v) is 3.92. The fraction of sp³-hybridized carbons (Fsp3) is 0.214. The lowest BCUT2D eigenvalue weighted by molar-refractivity contribution is -0.0696. The smallest absolute Gasteiger partial charge is 0.206 e. The molecule has 0 bridgehead atoms. The van der Waals surface area contributed by atoms with Crippen LogP contribution in [0.2, 0.25) is 0 Å². The molecule has 1 unspecified atom stereocenters. The van der Waals surface area contributed by atoms with Crippen LogP contribution in [0.4, 0.5) is 30.7 Å². The average Bonchev–Trinajstić information content (AvgIpc) is 2.77. The minimum atomic E-state index is -4.98. The maximum absolute atomic E-state index is 14.8. The topological polar surface area (TPSA) is 0 Å². The largest absolute Gasteiger partial charge is 0.458 e. The zero-order valence-electron chi connectivity index (χ0n) is 18.4. The highest BCUT2D eigenvalue weighted by Crippen LogP contribution is 2.33. The summed E-state index contributed by atoms with van der Waals surface area (Å²) in [5.74, 6) is 3.57. The summed E-state index contributed by atoms with van der Waals surface area (Å²) in [7, 11) is 0. The molecule has 0 fully saturated rings. The zero-order chi connectivity index (χ0) is 25.3. The average molecular weight is 486 g/mol. The number of rotatable bonds is 1. The molecule has 35 heavy (non-hydrogen) atoms. The van der Waals surface area contributed by atoms with Crippen LogP contribution in [0.1, 0.15) is 37.3 Å². The number of hydrogen-bond acceptors (Lipinski definition) is 0. The third-order valence-electron chi connectivity index (χ3n) is 5.75. The standard InChI is InChI=1S/C28H17F7/c1-16-2-4-17(5-3-16)6-7-18-8-9-21(23(29)12-18)19-13-20-15-24(30)22(10-11-28(33,34)35)27(32)26(20)25(31)14-19/h2,8-9,12-15,17H,3-5H2,1H3. The third kappa shape index (κ3) is 5.52. The van der Waals surface area contributed by atoms with Crippen molar-refractivity contribution in [3.05, 3.63) is 82.4 Å². The molecule has 1 aliphatic carbocycles. The van der Waals surface area contributed by atoms with Crippen LogP contribution in [-0.4, -0.2) is 6.18 Å². The van der Waals surface area contributed by atoms with Crippen LogP contribution in [-0.2, 0) is 0 Å². The van der Waals surface area contributed by atoms with Gasteiger partial charge in [-0.15, -0.1) is 0 Å². The Morgan fingerprint density at radius 1 is 0.886 bits per heavy atom. The highest BCUT2D eigenvalue weighted by Gasteiger charge is 2.24. The summed E-state index contributed by atoms with van der Waals surface area (Å²) < 4.78 is 95.5. The molecule has 0 radical (unpaired) electrons. The van der Waals surface area contributed by atoms with E-state index in [0.29, 0.717) is 11.6 Å². The Morgan fingerprint density at radius 3 is 2.31 bits per heavy atom. The Kier molecular flexibility index (Phi) is 6.63. The molecule has 0 heterocycles. The molecule has 0 aliphatic heterocycles. The highest BCUT2D eigenvalue weighted by molar-refractivity contribution is 5.90. The zero-order valence-corrected chi connectivity index (χ0v) is 18.4. The predicted octanol–water partition coefficient (Wildman–Crippen LogP) is 8.07. The normalized spacial score (nSPS) is 15.7. The molecular formula is C28H17F7. The molecule has 3 aromatic carbocycles. The Hall–Kier alpha value is -3.71. The molecule has 1 atom stereocenters. The van der Waals surface area contributed by atoms with Gasteiger partial charge in [-0.3, -0.25) is 0 Å². The van der Waals surface area contributed by atoms with Crippen LogP contribution in [0, 0.1) is 52.9 Å². The maximum atomic E-state index is 14.8. The van der Waals surface area contributed by atoms with Crippen molar-refractivity contribution in [2.75, 3.05) is 0 Å². The van der Waals surface area contributed by atoms with Gasteiger partial charge in [0.2, 0.25) is 0 Å². The van der Waals surface area contributed by atoms with E-state index < -0.39 is 40.4 Å². The molecule has 3 aromatic rings. The van der Waals surface area contributed by atoms with Gasteiger partial charge in [-0.2, -0.15) is 13.2 Å². The van der Waals surface area contributed by atoms with Crippen molar-refractivity contribution in [3.63, 3.8) is 0 Å². The number of hydrogen-bond donors (Lipinski definition) is 0. The van der Waals surface area contributed by atoms with Crippen LogP contribution in [0.25, 0.3) is 21.9 Å². The Labute approximate surface area is 197 Å². The van der Waals surface area contributed by atoms with Gasteiger partial charge in [0.05, 0.1) is 10.9 Å². The summed E-state index contributed by atoms with van der Waals surface area (Å²) in [6, 6.07) is 6.82. The Bertz CT molecular complexity index is 1470. The van der Waals surface area contributed by atoms with Gasteiger partial charge in [0.1, 0.15) is 17.5 Å². The highest BCUT2D eigenvalue weighted by atomic mass is 19.4. The summed E-state index contributed by atoms with van der Waals surface area (Å²) in [4.78, 5) is 0. The lowest BCUT2D eigenvalue weighted by Crippen LogP contribution is -2.03. The lowest BCUT2D eigenvalue weighted by Gasteiger charge is -2.14. The first kappa shape index (κ1) is 24.4. The van der Waals surface area contributed by atoms with Crippen LogP contribution >= 0.6 is 0 Å². The predicted molar refractivity (Wildman–Crippen MR) is 120 cm³/mol. The first-order chi connectivity index (χ1) is 16.5. The summed E-state index contributed by atoms with van der Waals surface area (Å²) in [6.07, 6.45) is -0.0951. The monoisotopic (exact) mass is 486 g/mol. The van der Waals surface area contributed by atoms with Crippen molar-refractivity contribution in [1.82, 2.24) is 0 Å². The van der Waals surface area contributed by atoms with Gasteiger partial charge < -0.3 is 0 Å². The molecule has 4 rings (SSSR count). The molecule has 0 aromatic heterocycles. The summed E-state index contributed by atoms with van der Waals surface area (Å²) in [5.41, 5.74) is 0.552. The van der Waals surface area contributed by atoms with E-state index in [2.05, 4.69) is 24.8 Å². The second kappa shape index (κ2) is 9.50. The van der Waals surface area contributed by atoms with Gasteiger partial charge >= 0.3 is 6.18 Å². The fourth-order valence-electron chi connectivity index (χ4n) is 3.92. The second-order valence-corrected chi connectivity index (χ2v) is 8.34. The number of halogens is 7.